The van der Waals surface area contributed by atoms with Gasteiger partial charge in [0, 0.05) is 20.3 Å². The molecule has 0 spiro atoms. The van der Waals surface area contributed by atoms with Crippen molar-refractivity contribution in [1.29, 1.82) is 0 Å². The van der Waals surface area contributed by atoms with Crippen LogP contribution >= 0.6 is 23.4 Å². The van der Waals surface area contributed by atoms with Crippen molar-refractivity contribution < 1.29 is 23.8 Å². The number of thioether (sulfide) groups is 1. The average Bonchev–Trinajstić information content (AvgIpc) is 2.84. The Balaban J connectivity index is 2.24. The molecule has 25 heavy (non-hydrogen) atoms. The van der Waals surface area contributed by atoms with Gasteiger partial charge in [-0.1, -0.05) is 11.6 Å². The zero-order valence-corrected chi connectivity index (χ0v) is 15.9. The molecule has 8 heteroatoms. The van der Waals surface area contributed by atoms with Crippen molar-refractivity contribution in [2.45, 2.75) is 13.3 Å². The summed E-state index contributed by atoms with van der Waals surface area (Å²) in [6, 6.07) is 3.39. The third-order valence-corrected chi connectivity index (χ3v) is 4.63. The predicted octanol–water partition coefficient (Wildman–Crippen LogP) is 3.82. The van der Waals surface area contributed by atoms with Crippen LogP contribution in [0.4, 0.5) is 4.79 Å². The van der Waals surface area contributed by atoms with Gasteiger partial charge in [-0.05, 0) is 48.9 Å². The highest BCUT2D eigenvalue weighted by Gasteiger charge is 2.34. The molecule has 0 radical (unpaired) electrons. The average molecular weight is 386 g/mol. The Bertz CT molecular complexity index is 692. The van der Waals surface area contributed by atoms with Crippen molar-refractivity contribution >= 4 is 40.6 Å². The summed E-state index contributed by atoms with van der Waals surface area (Å²) in [4.78, 5) is 26.0. The van der Waals surface area contributed by atoms with Gasteiger partial charge in [0.15, 0.2) is 11.5 Å². The van der Waals surface area contributed by atoms with Gasteiger partial charge in [0.1, 0.15) is 0 Å². The van der Waals surface area contributed by atoms with Crippen molar-refractivity contribution in [3.05, 3.63) is 27.6 Å². The summed E-state index contributed by atoms with van der Waals surface area (Å²) >= 11 is 7.15. The minimum Gasteiger partial charge on any atom is -0.493 e. The zero-order valence-electron chi connectivity index (χ0n) is 14.3. The molecule has 1 aromatic rings. The molecule has 0 aromatic heterocycles. The number of carbonyl (C=O) groups is 2. The minimum atomic E-state index is -0.310. The van der Waals surface area contributed by atoms with E-state index in [1.807, 2.05) is 6.92 Å². The van der Waals surface area contributed by atoms with Gasteiger partial charge < -0.3 is 14.2 Å². The number of halogens is 1. The van der Waals surface area contributed by atoms with Gasteiger partial charge >= 0.3 is 0 Å². The molecule has 1 saturated heterocycles. The van der Waals surface area contributed by atoms with Crippen molar-refractivity contribution in [3.8, 4) is 11.5 Å². The molecular formula is C17H20ClNO5S. The number of ether oxygens (including phenoxy) is 3. The molecule has 6 nitrogen and oxygen atoms in total. The Labute approximate surface area is 156 Å². The summed E-state index contributed by atoms with van der Waals surface area (Å²) < 4.78 is 15.7. The Kier molecular flexibility index (Phi) is 7.16. The Morgan fingerprint density at radius 3 is 2.68 bits per heavy atom. The lowest BCUT2D eigenvalue weighted by Gasteiger charge is -2.12. The predicted molar refractivity (Wildman–Crippen MR) is 98.3 cm³/mol. The molecule has 0 atom stereocenters. The van der Waals surface area contributed by atoms with Crippen LogP contribution in [0, 0.1) is 0 Å². The number of hydrogen-bond acceptors (Lipinski definition) is 6. The molecule has 0 N–H and O–H groups in total. The monoisotopic (exact) mass is 385 g/mol. The minimum absolute atomic E-state index is 0.281. The summed E-state index contributed by atoms with van der Waals surface area (Å²) in [6.07, 6.45) is 2.23. The summed E-state index contributed by atoms with van der Waals surface area (Å²) in [5.74, 6) is 0.617. The molecular weight excluding hydrogens is 366 g/mol. The van der Waals surface area contributed by atoms with Gasteiger partial charge in [-0.25, -0.2) is 0 Å². The maximum absolute atomic E-state index is 12.4. The number of benzene rings is 1. The van der Waals surface area contributed by atoms with E-state index in [4.69, 9.17) is 25.8 Å². The summed E-state index contributed by atoms with van der Waals surface area (Å²) in [5.41, 5.74) is 0.660. The van der Waals surface area contributed by atoms with Crippen molar-refractivity contribution in [3.63, 3.8) is 0 Å². The number of rotatable bonds is 8. The van der Waals surface area contributed by atoms with Crippen LogP contribution < -0.4 is 9.47 Å². The van der Waals surface area contributed by atoms with Gasteiger partial charge in [-0.2, -0.15) is 0 Å². The van der Waals surface area contributed by atoms with Crippen molar-refractivity contribution in [2.75, 3.05) is 34.0 Å². The zero-order chi connectivity index (χ0) is 18.4. The number of hydrogen-bond donors (Lipinski definition) is 0. The Morgan fingerprint density at radius 2 is 2.04 bits per heavy atom. The highest BCUT2D eigenvalue weighted by molar-refractivity contribution is 8.18. The van der Waals surface area contributed by atoms with E-state index in [0.717, 1.165) is 11.8 Å². The first kappa shape index (κ1) is 19.6. The second-order valence-electron chi connectivity index (χ2n) is 5.15. The Hall–Kier alpha value is -1.70. The molecule has 0 bridgehead atoms. The van der Waals surface area contributed by atoms with Crippen molar-refractivity contribution in [2.24, 2.45) is 0 Å². The first-order valence-corrected chi connectivity index (χ1v) is 8.95. The number of methoxy groups -OCH3 is 2. The van der Waals surface area contributed by atoms with Crippen LogP contribution in [-0.4, -0.2) is 50.0 Å². The maximum Gasteiger partial charge on any atom is 0.293 e. The van der Waals surface area contributed by atoms with Crippen LogP contribution in [-0.2, 0) is 9.53 Å². The molecule has 1 aliphatic rings. The summed E-state index contributed by atoms with van der Waals surface area (Å²) in [6.45, 7) is 3.13. The van der Waals surface area contributed by atoms with Gasteiger partial charge in [0.05, 0.1) is 23.6 Å². The molecule has 1 heterocycles. The second-order valence-corrected chi connectivity index (χ2v) is 6.55. The number of imide groups is 1. The lowest BCUT2D eigenvalue weighted by atomic mass is 10.1. The van der Waals surface area contributed by atoms with Crippen LogP contribution in [0.25, 0.3) is 6.08 Å². The molecule has 2 rings (SSSR count). The fourth-order valence-electron chi connectivity index (χ4n) is 2.32. The van der Waals surface area contributed by atoms with Gasteiger partial charge in [-0.3, -0.25) is 14.5 Å². The van der Waals surface area contributed by atoms with Crippen molar-refractivity contribution in [1.82, 2.24) is 4.90 Å². The molecule has 1 aromatic carbocycles. The fraction of sp³-hybridized carbons (Fsp3) is 0.412. The first-order valence-electron chi connectivity index (χ1n) is 7.76. The van der Waals surface area contributed by atoms with E-state index in [1.165, 1.54) is 12.0 Å². The van der Waals surface area contributed by atoms with E-state index < -0.39 is 0 Å². The van der Waals surface area contributed by atoms with E-state index in [0.29, 0.717) is 53.2 Å². The number of amides is 2. The molecule has 2 amide bonds. The van der Waals surface area contributed by atoms with Crippen LogP contribution in [0.3, 0.4) is 0 Å². The quantitative estimate of drug-likeness (QED) is 0.500. The SMILES string of the molecule is CCOc1c(Cl)cc(/C=C2/SC(=O)N(CCCOC)C2=O)cc1OC. The van der Waals surface area contributed by atoms with E-state index in [2.05, 4.69) is 0 Å². The van der Waals surface area contributed by atoms with E-state index >= 15 is 0 Å². The van der Waals surface area contributed by atoms with Gasteiger partial charge in [0.25, 0.3) is 11.1 Å². The lowest BCUT2D eigenvalue weighted by Crippen LogP contribution is -2.29. The molecule has 0 unspecified atom stereocenters. The maximum atomic E-state index is 12.4. The van der Waals surface area contributed by atoms with E-state index in [9.17, 15) is 9.59 Å². The van der Waals surface area contributed by atoms with Gasteiger partial charge in [0.2, 0.25) is 0 Å². The molecule has 1 fully saturated rings. The van der Waals surface area contributed by atoms with E-state index in [1.54, 1.807) is 25.3 Å². The lowest BCUT2D eigenvalue weighted by molar-refractivity contribution is -0.122. The van der Waals surface area contributed by atoms with Crippen LogP contribution in [0.1, 0.15) is 18.9 Å². The van der Waals surface area contributed by atoms with Crippen LogP contribution in [0.5, 0.6) is 11.5 Å². The highest BCUT2D eigenvalue weighted by atomic mass is 35.5. The van der Waals surface area contributed by atoms with Crippen LogP contribution in [0.2, 0.25) is 5.02 Å². The number of carbonyl (C=O) groups excluding carboxylic acids is 2. The Morgan fingerprint density at radius 1 is 1.28 bits per heavy atom. The molecule has 0 saturated carbocycles. The molecule has 136 valence electrons. The summed E-state index contributed by atoms with van der Waals surface area (Å²) in [7, 11) is 3.10. The topological polar surface area (TPSA) is 65.1 Å². The molecule has 1 aliphatic heterocycles. The normalized spacial score (nSPS) is 16.0. The third kappa shape index (κ3) is 4.68. The van der Waals surface area contributed by atoms with Gasteiger partial charge in [-0.15, -0.1) is 0 Å². The largest absolute Gasteiger partial charge is 0.493 e. The summed E-state index contributed by atoms with van der Waals surface area (Å²) in [5, 5.41) is 0.100. The second kappa shape index (κ2) is 9.12. The number of nitrogens with zero attached hydrogens (tertiary/aromatic N) is 1. The highest BCUT2D eigenvalue weighted by Crippen LogP contribution is 2.38. The smallest absolute Gasteiger partial charge is 0.293 e. The standard InChI is InChI=1S/C17H20ClNO5S/c1-4-24-15-12(18)8-11(9-13(15)23-3)10-14-16(20)19(17(21)25-14)6-5-7-22-2/h8-10H,4-7H2,1-3H3/b14-10+. The van der Waals surface area contributed by atoms with Crippen LogP contribution in [0.15, 0.2) is 17.0 Å². The molecule has 0 aliphatic carbocycles. The fourth-order valence-corrected chi connectivity index (χ4v) is 3.46. The third-order valence-electron chi connectivity index (χ3n) is 3.44. The first-order chi connectivity index (χ1) is 12.0. The van der Waals surface area contributed by atoms with E-state index in [-0.39, 0.29) is 11.1 Å².